The summed E-state index contributed by atoms with van der Waals surface area (Å²) >= 11 is 0. The Morgan fingerprint density at radius 2 is 1.83 bits per heavy atom. The van der Waals surface area contributed by atoms with Crippen molar-refractivity contribution in [3.05, 3.63) is 71.4 Å². The summed E-state index contributed by atoms with van der Waals surface area (Å²) < 4.78 is 11.4. The fourth-order valence-electron chi connectivity index (χ4n) is 3.54. The minimum absolute atomic E-state index is 0.149. The van der Waals surface area contributed by atoms with Crippen molar-refractivity contribution in [2.24, 2.45) is 0 Å². The van der Waals surface area contributed by atoms with Crippen molar-refractivity contribution in [1.82, 2.24) is 9.88 Å². The molecule has 1 N–H and O–H groups in total. The molecule has 1 saturated heterocycles. The standard InChI is InChI=1S/C23H24N4O2/c1-17-7-9-18(10-8-17)21(27-11-13-28-14-12-27)16-25-23-20(15-24)26-22(29-23)19-5-3-2-4-6-19/h2-10,21,25H,11-14,16H2,1H3/t21-/m1/s1. The zero-order valence-electron chi connectivity index (χ0n) is 16.5. The van der Waals surface area contributed by atoms with E-state index in [0.29, 0.717) is 18.3 Å². The minimum Gasteiger partial charge on any atom is -0.419 e. The van der Waals surface area contributed by atoms with Crippen LogP contribution in [-0.4, -0.2) is 42.7 Å². The molecule has 0 saturated carbocycles. The lowest BCUT2D eigenvalue weighted by Gasteiger charge is -2.35. The monoisotopic (exact) mass is 388 g/mol. The van der Waals surface area contributed by atoms with Gasteiger partial charge in [0.2, 0.25) is 17.5 Å². The summed E-state index contributed by atoms with van der Waals surface area (Å²) in [6.45, 7) is 5.90. The molecule has 1 fully saturated rings. The maximum absolute atomic E-state index is 9.50. The first-order chi connectivity index (χ1) is 14.2. The Hall–Kier alpha value is -3.14. The van der Waals surface area contributed by atoms with Gasteiger partial charge in [0.1, 0.15) is 6.07 Å². The number of ether oxygens (including phenoxy) is 1. The number of nitrogens with zero attached hydrogens (tertiary/aromatic N) is 3. The van der Waals surface area contributed by atoms with E-state index in [1.54, 1.807) is 0 Å². The molecule has 6 nitrogen and oxygen atoms in total. The molecule has 2 heterocycles. The number of hydrogen-bond acceptors (Lipinski definition) is 6. The summed E-state index contributed by atoms with van der Waals surface area (Å²) in [4.78, 5) is 6.75. The maximum atomic E-state index is 9.50. The third kappa shape index (κ3) is 4.48. The van der Waals surface area contributed by atoms with Crippen LogP contribution in [0.1, 0.15) is 22.9 Å². The van der Waals surface area contributed by atoms with Crippen LogP contribution in [0.25, 0.3) is 11.5 Å². The summed E-state index contributed by atoms with van der Waals surface area (Å²) in [6, 6.07) is 20.5. The SMILES string of the molecule is Cc1ccc([C@@H](CNc2oc(-c3ccccc3)nc2C#N)N2CCOCC2)cc1. The van der Waals surface area contributed by atoms with E-state index in [1.165, 1.54) is 11.1 Å². The first-order valence-corrected chi connectivity index (χ1v) is 9.83. The van der Waals surface area contributed by atoms with E-state index < -0.39 is 0 Å². The number of morpholine rings is 1. The van der Waals surface area contributed by atoms with Crippen LogP contribution < -0.4 is 5.32 Å². The lowest BCUT2D eigenvalue weighted by Crippen LogP contribution is -2.41. The van der Waals surface area contributed by atoms with Gasteiger partial charge in [-0.1, -0.05) is 48.0 Å². The van der Waals surface area contributed by atoms with Gasteiger partial charge in [-0.3, -0.25) is 4.90 Å². The lowest BCUT2D eigenvalue weighted by molar-refractivity contribution is 0.0186. The molecule has 4 rings (SSSR count). The third-order valence-electron chi connectivity index (χ3n) is 5.16. The molecule has 29 heavy (non-hydrogen) atoms. The molecule has 0 radical (unpaired) electrons. The van der Waals surface area contributed by atoms with Gasteiger partial charge >= 0.3 is 0 Å². The zero-order valence-corrected chi connectivity index (χ0v) is 16.5. The maximum Gasteiger partial charge on any atom is 0.232 e. The van der Waals surface area contributed by atoms with E-state index >= 15 is 0 Å². The van der Waals surface area contributed by atoms with Crippen molar-refractivity contribution in [1.29, 1.82) is 5.26 Å². The molecule has 2 aromatic carbocycles. The Kier molecular flexibility index (Phi) is 5.89. The molecule has 0 amide bonds. The molecule has 0 spiro atoms. The zero-order chi connectivity index (χ0) is 20.1. The fraction of sp³-hybridized carbons (Fsp3) is 0.304. The van der Waals surface area contributed by atoms with E-state index in [-0.39, 0.29) is 11.7 Å². The number of nitrogens with one attached hydrogen (secondary N) is 1. The Morgan fingerprint density at radius 1 is 1.10 bits per heavy atom. The Balaban J connectivity index is 1.56. The van der Waals surface area contributed by atoms with Gasteiger partial charge in [-0.25, -0.2) is 0 Å². The number of benzene rings is 2. The van der Waals surface area contributed by atoms with Gasteiger partial charge in [0, 0.05) is 25.2 Å². The highest BCUT2D eigenvalue weighted by Gasteiger charge is 2.24. The minimum atomic E-state index is 0.149. The number of anilines is 1. The van der Waals surface area contributed by atoms with Gasteiger partial charge in [0.15, 0.2) is 0 Å². The molecular weight excluding hydrogens is 364 g/mol. The van der Waals surface area contributed by atoms with Crippen LogP contribution in [0.5, 0.6) is 0 Å². The average molecular weight is 388 g/mol. The number of nitriles is 1. The molecule has 1 aliphatic rings. The molecule has 0 unspecified atom stereocenters. The average Bonchev–Trinajstić information content (AvgIpc) is 3.20. The van der Waals surface area contributed by atoms with E-state index in [2.05, 4.69) is 52.5 Å². The van der Waals surface area contributed by atoms with Gasteiger partial charge in [-0.05, 0) is 24.6 Å². The highest BCUT2D eigenvalue weighted by Crippen LogP contribution is 2.27. The van der Waals surface area contributed by atoms with Crippen molar-refractivity contribution < 1.29 is 9.15 Å². The van der Waals surface area contributed by atoms with Gasteiger partial charge in [0.25, 0.3) is 0 Å². The fourth-order valence-corrected chi connectivity index (χ4v) is 3.54. The van der Waals surface area contributed by atoms with Crippen LogP contribution in [0.3, 0.4) is 0 Å². The van der Waals surface area contributed by atoms with E-state index in [1.807, 2.05) is 30.3 Å². The van der Waals surface area contributed by atoms with Crippen LogP contribution in [0.2, 0.25) is 0 Å². The summed E-state index contributed by atoms with van der Waals surface area (Å²) in [5, 5.41) is 12.8. The van der Waals surface area contributed by atoms with Crippen LogP contribution in [0, 0.1) is 18.3 Å². The third-order valence-corrected chi connectivity index (χ3v) is 5.16. The van der Waals surface area contributed by atoms with Crippen LogP contribution in [0.4, 0.5) is 5.88 Å². The van der Waals surface area contributed by atoms with Gasteiger partial charge < -0.3 is 14.5 Å². The number of rotatable bonds is 6. The Bertz CT molecular complexity index is 970. The summed E-state index contributed by atoms with van der Waals surface area (Å²) in [5.41, 5.74) is 3.58. The topological polar surface area (TPSA) is 74.3 Å². The number of aromatic nitrogens is 1. The van der Waals surface area contributed by atoms with Crippen molar-refractivity contribution in [2.75, 3.05) is 38.2 Å². The van der Waals surface area contributed by atoms with E-state index in [9.17, 15) is 5.26 Å². The van der Waals surface area contributed by atoms with Crippen LogP contribution >= 0.6 is 0 Å². The number of oxazole rings is 1. The van der Waals surface area contributed by atoms with Crippen molar-refractivity contribution in [3.8, 4) is 17.5 Å². The van der Waals surface area contributed by atoms with Gasteiger partial charge in [-0.2, -0.15) is 10.2 Å². The first kappa shape index (κ1) is 19.2. The summed E-state index contributed by atoms with van der Waals surface area (Å²) in [5.74, 6) is 0.861. The summed E-state index contributed by atoms with van der Waals surface area (Å²) in [7, 11) is 0. The predicted octanol–water partition coefficient (Wildman–Crippen LogP) is 4.01. The molecule has 0 aliphatic carbocycles. The molecule has 0 bridgehead atoms. The largest absolute Gasteiger partial charge is 0.419 e. The predicted molar refractivity (Wildman–Crippen MR) is 111 cm³/mol. The number of hydrogen-bond donors (Lipinski definition) is 1. The van der Waals surface area contributed by atoms with Gasteiger partial charge in [0.05, 0.1) is 19.3 Å². The van der Waals surface area contributed by atoms with E-state index in [4.69, 9.17) is 9.15 Å². The summed E-state index contributed by atoms with van der Waals surface area (Å²) in [6.07, 6.45) is 0. The van der Waals surface area contributed by atoms with Crippen molar-refractivity contribution in [2.45, 2.75) is 13.0 Å². The molecular formula is C23H24N4O2. The van der Waals surface area contributed by atoms with Crippen molar-refractivity contribution in [3.63, 3.8) is 0 Å². The highest BCUT2D eigenvalue weighted by molar-refractivity contribution is 5.58. The molecule has 6 heteroatoms. The van der Waals surface area contributed by atoms with Crippen molar-refractivity contribution >= 4 is 5.88 Å². The molecule has 3 aromatic rings. The molecule has 1 aliphatic heterocycles. The lowest BCUT2D eigenvalue weighted by atomic mass is 10.0. The quantitative estimate of drug-likeness (QED) is 0.688. The number of aryl methyl sites for hydroxylation is 1. The van der Waals surface area contributed by atoms with E-state index in [0.717, 1.165) is 31.9 Å². The smallest absolute Gasteiger partial charge is 0.232 e. The van der Waals surface area contributed by atoms with Gasteiger partial charge in [-0.15, -0.1) is 0 Å². The second-order valence-electron chi connectivity index (χ2n) is 7.13. The Labute approximate surface area is 170 Å². The second-order valence-corrected chi connectivity index (χ2v) is 7.13. The molecule has 148 valence electrons. The first-order valence-electron chi connectivity index (χ1n) is 9.83. The normalized spacial score (nSPS) is 15.6. The Morgan fingerprint density at radius 3 is 2.52 bits per heavy atom. The second kappa shape index (κ2) is 8.91. The van der Waals surface area contributed by atoms with Crippen LogP contribution in [0.15, 0.2) is 59.0 Å². The van der Waals surface area contributed by atoms with Crippen LogP contribution in [-0.2, 0) is 4.74 Å². The molecule has 1 atom stereocenters. The highest BCUT2D eigenvalue weighted by atomic mass is 16.5. The molecule has 1 aromatic heterocycles.